The average molecular weight is 291 g/mol. The van der Waals surface area contributed by atoms with Gasteiger partial charge in [0, 0.05) is 5.56 Å². The molecule has 6 heteroatoms. The van der Waals surface area contributed by atoms with Crippen LogP contribution in [0.1, 0.15) is 30.6 Å². The monoisotopic (exact) mass is 291 g/mol. The van der Waals surface area contributed by atoms with Crippen LogP contribution in [0.4, 0.5) is 0 Å². The molecule has 0 aromatic heterocycles. The number of hydrogen-bond acceptors (Lipinski definition) is 3. The summed E-state index contributed by atoms with van der Waals surface area (Å²) in [6.45, 7) is 3.54. The highest BCUT2D eigenvalue weighted by Gasteiger charge is 2.23. The van der Waals surface area contributed by atoms with Crippen molar-refractivity contribution in [2.45, 2.75) is 26.3 Å². The molecule has 0 aliphatic carbocycles. The van der Waals surface area contributed by atoms with E-state index in [0.29, 0.717) is 12.0 Å². The van der Waals surface area contributed by atoms with Crippen molar-refractivity contribution in [3.63, 3.8) is 0 Å². The summed E-state index contributed by atoms with van der Waals surface area (Å²) in [6, 6.07) is 7.85. The van der Waals surface area contributed by atoms with Crippen molar-refractivity contribution in [1.29, 1.82) is 0 Å². The number of nitrogens with two attached hydrogens (primary N) is 1. The van der Waals surface area contributed by atoms with Gasteiger partial charge in [-0.2, -0.15) is 0 Å². The summed E-state index contributed by atoms with van der Waals surface area (Å²) in [7, 11) is 0. The first-order valence-corrected chi connectivity index (χ1v) is 6.87. The van der Waals surface area contributed by atoms with Crippen LogP contribution in [-0.2, 0) is 9.59 Å². The molecule has 0 radical (unpaired) electrons. The van der Waals surface area contributed by atoms with Crippen LogP contribution >= 0.6 is 0 Å². The SMILES string of the molecule is CC[C@H](C)[C@H](NC(=O)CNC(=O)c1ccccc1)C(N)=O. The maximum absolute atomic E-state index is 11.8. The topological polar surface area (TPSA) is 101 Å². The van der Waals surface area contributed by atoms with E-state index in [4.69, 9.17) is 5.73 Å². The molecule has 0 unspecified atom stereocenters. The van der Waals surface area contributed by atoms with Gasteiger partial charge in [-0.05, 0) is 18.1 Å². The molecule has 1 aromatic carbocycles. The van der Waals surface area contributed by atoms with Crippen LogP contribution in [0.5, 0.6) is 0 Å². The number of rotatable bonds is 7. The fourth-order valence-corrected chi connectivity index (χ4v) is 1.81. The van der Waals surface area contributed by atoms with Crippen LogP contribution in [-0.4, -0.2) is 30.3 Å². The number of amides is 3. The normalized spacial score (nSPS) is 13.0. The zero-order valence-electron chi connectivity index (χ0n) is 12.3. The standard InChI is InChI=1S/C15H21N3O3/c1-3-10(2)13(14(16)20)18-12(19)9-17-15(21)11-7-5-4-6-8-11/h4-8,10,13H,3,9H2,1-2H3,(H2,16,20)(H,17,21)(H,18,19)/t10-,13-/m0/s1. The summed E-state index contributed by atoms with van der Waals surface area (Å²) in [4.78, 5) is 34.9. The highest BCUT2D eigenvalue weighted by molar-refractivity contribution is 5.97. The molecule has 0 heterocycles. The Labute approximate surface area is 124 Å². The molecule has 2 atom stereocenters. The number of primary amides is 1. The Morgan fingerprint density at radius 1 is 1.19 bits per heavy atom. The molecule has 0 fully saturated rings. The number of hydrogen-bond donors (Lipinski definition) is 3. The summed E-state index contributed by atoms with van der Waals surface area (Å²) in [5, 5.41) is 5.04. The van der Waals surface area contributed by atoms with Crippen molar-refractivity contribution in [2.75, 3.05) is 6.54 Å². The Morgan fingerprint density at radius 3 is 2.33 bits per heavy atom. The molecule has 0 saturated carbocycles. The number of benzene rings is 1. The van der Waals surface area contributed by atoms with E-state index in [2.05, 4.69) is 10.6 Å². The van der Waals surface area contributed by atoms with Crippen molar-refractivity contribution in [3.05, 3.63) is 35.9 Å². The first-order chi connectivity index (χ1) is 9.95. The van der Waals surface area contributed by atoms with Gasteiger partial charge >= 0.3 is 0 Å². The third-order valence-corrected chi connectivity index (χ3v) is 3.28. The Hall–Kier alpha value is -2.37. The highest BCUT2D eigenvalue weighted by atomic mass is 16.2. The van der Waals surface area contributed by atoms with Gasteiger partial charge in [-0.25, -0.2) is 0 Å². The van der Waals surface area contributed by atoms with Crippen LogP contribution < -0.4 is 16.4 Å². The van der Waals surface area contributed by atoms with Crippen LogP contribution in [0, 0.1) is 5.92 Å². The molecule has 1 aromatic rings. The maximum atomic E-state index is 11.8. The summed E-state index contributed by atoms with van der Waals surface area (Å²) < 4.78 is 0. The molecule has 0 spiro atoms. The second-order valence-corrected chi connectivity index (χ2v) is 4.88. The number of carbonyl (C=O) groups excluding carboxylic acids is 3. The van der Waals surface area contributed by atoms with Crippen LogP contribution in [0.2, 0.25) is 0 Å². The van der Waals surface area contributed by atoms with Gasteiger partial charge in [0.1, 0.15) is 6.04 Å². The molecule has 4 N–H and O–H groups in total. The predicted molar refractivity (Wildman–Crippen MR) is 79.4 cm³/mol. The van der Waals surface area contributed by atoms with E-state index >= 15 is 0 Å². The van der Waals surface area contributed by atoms with Crippen molar-refractivity contribution >= 4 is 17.7 Å². The average Bonchev–Trinajstić information content (AvgIpc) is 2.50. The minimum atomic E-state index is -0.726. The van der Waals surface area contributed by atoms with Gasteiger partial charge in [-0.15, -0.1) is 0 Å². The van der Waals surface area contributed by atoms with E-state index in [0.717, 1.165) is 0 Å². The molecule has 21 heavy (non-hydrogen) atoms. The Kier molecular flexibility index (Phi) is 6.39. The molecule has 3 amide bonds. The van der Waals surface area contributed by atoms with E-state index in [1.165, 1.54) is 0 Å². The Balaban J connectivity index is 2.50. The lowest BCUT2D eigenvalue weighted by Crippen LogP contribution is -2.50. The second kappa shape index (κ2) is 8.04. The third kappa shape index (κ3) is 5.25. The minimum absolute atomic E-state index is 0.0590. The summed E-state index contributed by atoms with van der Waals surface area (Å²) in [5.41, 5.74) is 5.74. The van der Waals surface area contributed by atoms with E-state index < -0.39 is 17.9 Å². The van der Waals surface area contributed by atoms with E-state index in [9.17, 15) is 14.4 Å². The molecule has 6 nitrogen and oxygen atoms in total. The molecule has 114 valence electrons. The van der Waals surface area contributed by atoms with Gasteiger partial charge in [0.2, 0.25) is 11.8 Å². The van der Waals surface area contributed by atoms with E-state index in [1.54, 1.807) is 30.3 Å². The van der Waals surface area contributed by atoms with Gasteiger partial charge in [0.15, 0.2) is 0 Å². The van der Waals surface area contributed by atoms with Gasteiger partial charge in [-0.3, -0.25) is 14.4 Å². The zero-order chi connectivity index (χ0) is 15.8. The first-order valence-electron chi connectivity index (χ1n) is 6.87. The van der Waals surface area contributed by atoms with Gasteiger partial charge in [0.25, 0.3) is 5.91 Å². The quantitative estimate of drug-likeness (QED) is 0.679. The predicted octanol–water partition coefficient (Wildman–Crippen LogP) is 0.433. The molecular weight excluding hydrogens is 270 g/mol. The van der Waals surface area contributed by atoms with Crippen molar-refractivity contribution in [1.82, 2.24) is 10.6 Å². The minimum Gasteiger partial charge on any atom is -0.368 e. The molecule has 0 aliphatic heterocycles. The van der Waals surface area contributed by atoms with Gasteiger partial charge < -0.3 is 16.4 Å². The first kappa shape index (κ1) is 16.7. The van der Waals surface area contributed by atoms with Crippen LogP contribution in [0.25, 0.3) is 0 Å². The van der Waals surface area contributed by atoms with Crippen LogP contribution in [0.15, 0.2) is 30.3 Å². The fourth-order valence-electron chi connectivity index (χ4n) is 1.81. The van der Waals surface area contributed by atoms with Crippen molar-refractivity contribution in [2.24, 2.45) is 11.7 Å². The molecule has 0 bridgehead atoms. The Morgan fingerprint density at radius 2 is 1.81 bits per heavy atom. The van der Waals surface area contributed by atoms with Crippen molar-refractivity contribution < 1.29 is 14.4 Å². The lowest BCUT2D eigenvalue weighted by molar-refractivity contribution is -0.127. The molecule has 1 rings (SSSR count). The number of carbonyl (C=O) groups is 3. The lowest BCUT2D eigenvalue weighted by atomic mass is 9.98. The fraction of sp³-hybridized carbons (Fsp3) is 0.400. The summed E-state index contributed by atoms with van der Waals surface area (Å²) >= 11 is 0. The van der Waals surface area contributed by atoms with E-state index in [1.807, 2.05) is 13.8 Å². The Bertz CT molecular complexity index is 502. The smallest absolute Gasteiger partial charge is 0.251 e. The largest absolute Gasteiger partial charge is 0.368 e. The zero-order valence-corrected chi connectivity index (χ0v) is 12.3. The lowest BCUT2D eigenvalue weighted by Gasteiger charge is -2.21. The third-order valence-electron chi connectivity index (χ3n) is 3.28. The number of nitrogens with one attached hydrogen (secondary N) is 2. The maximum Gasteiger partial charge on any atom is 0.251 e. The molecule has 0 saturated heterocycles. The van der Waals surface area contributed by atoms with Crippen LogP contribution in [0.3, 0.4) is 0 Å². The second-order valence-electron chi connectivity index (χ2n) is 4.88. The molecule has 0 aliphatic rings. The summed E-state index contributed by atoms with van der Waals surface area (Å²) in [6.07, 6.45) is 0.713. The summed E-state index contributed by atoms with van der Waals surface area (Å²) in [5.74, 6) is -1.42. The van der Waals surface area contributed by atoms with Crippen molar-refractivity contribution in [3.8, 4) is 0 Å². The van der Waals surface area contributed by atoms with Gasteiger partial charge in [0.05, 0.1) is 6.54 Å². The highest BCUT2D eigenvalue weighted by Crippen LogP contribution is 2.06. The van der Waals surface area contributed by atoms with Gasteiger partial charge in [-0.1, -0.05) is 38.5 Å². The molecular formula is C15H21N3O3. The van der Waals surface area contributed by atoms with E-state index in [-0.39, 0.29) is 18.4 Å².